The van der Waals surface area contributed by atoms with Gasteiger partial charge in [-0.2, -0.15) is 4.31 Å². The van der Waals surface area contributed by atoms with E-state index in [-0.39, 0.29) is 36.6 Å². The van der Waals surface area contributed by atoms with Crippen LogP contribution in [0, 0.1) is 5.92 Å². The summed E-state index contributed by atoms with van der Waals surface area (Å²) in [6.45, 7) is 3.57. The van der Waals surface area contributed by atoms with Crippen molar-refractivity contribution in [3.8, 4) is 0 Å². The first-order valence-electron chi connectivity index (χ1n) is 14.3. The molecule has 0 radical (unpaired) electrons. The number of carbonyl (C=O) groups is 1. The van der Waals surface area contributed by atoms with Gasteiger partial charge in [0.05, 0.1) is 30.9 Å². The number of hydrogen-bond donors (Lipinski definition) is 1. The minimum Gasteiger partial charge on any atom is -0.383 e. The molecule has 0 amide bonds. The lowest BCUT2D eigenvalue weighted by Crippen LogP contribution is -2.51. The summed E-state index contributed by atoms with van der Waals surface area (Å²) in [5, 5.41) is 3.85. The van der Waals surface area contributed by atoms with E-state index in [9.17, 15) is 13.2 Å². The summed E-state index contributed by atoms with van der Waals surface area (Å²) in [6, 6.07) is 9.89. The minimum atomic E-state index is -3.46. The quantitative estimate of drug-likeness (QED) is 0.194. The maximum atomic E-state index is 13.2. The maximum Gasteiger partial charge on any atom is 0.337 e. The number of hydrogen-bond acceptors (Lipinski definition) is 7. The number of oxime groups is 1. The fourth-order valence-electron chi connectivity index (χ4n) is 5.88. The number of sulfonamides is 1. The largest absolute Gasteiger partial charge is 0.383 e. The minimum absolute atomic E-state index is 0.0528. The van der Waals surface area contributed by atoms with Crippen molar-refractivity contribution >= 4 is 21.8 Å². The van der Waals surface area contributed by atoms with Gasteiger partial charge >= 0.3 is 5.97 Å². The van der Waals surface area contributed by atoms with Crippen LogP contribution < -0.4 is 5.73 Å². The number of rotatable bonds is 11. The average Bonchev–Trinajstić information content (AvgIpc) is 2.93. The van der Waals surface area contributed by atoms with Gasteiger partial charge in [-0.25, -0.2) is 13.2 Å². The van der Waals surface area contributed by atoms with Crippen LogP contribution in [0.4, 0.5) is 0 Å². The molecule has 38 heavy (non-hydrogen) atoms. The molecule has 1 aliphatic carbocycles. The van der Waals surface area contributed by atoms with E-state index in [1.165, 1.54) is 16.3 Å². The van der Waals surface area contributed by atoms with Crippen LogP contribution >= 0.6 is 0 Å². The Labute approximate surface area is 227 Å². The van der Waals surface area contributed by atoms with Crippen LogP contribution in [0.2, 0.25) is 0 Å². The van der Waals surface area contributed by atoms with Gasteiger partial charge in [0.2, 0.25) is 10.0 Å². The normalized spacial score (nSPS) is 23.4. The van der Waals surface area contributed by atoms with Crippen LogP contribution in [-0.2, 0) is 30.9 Å². The Kier molecular flexibility index (Phi) is 11.0. The van der Waals surface area contributed by atoms with Crippen LogP contribution in [0.25, 0.3) is 0 Å². The van der Waals surface area contributed by atoms with E-state index >= 15 is 0 Å². The molecule has 1 aromatic rings. The van der Waals surface area contributed by atoms with Crippen molar-refractivity contribution in [3.05, 3.63) is 35.9 Å². The van der Waals surface area contributed by atoms with Crippen molar-refractivity contribution in [1.29, 1.82) is 0 Å². The molecule has 2 N–H and O–H groups in total. The Morgan fingerprint density at radius 1 is 0.947 bits per heavy atom. The highest BCUT2D eigenvalue weighted by Crippen LogP contribution is 2.28. The van der Waals surface area contributed by atoms with Crippen molar-refractivity contribution in [2.45, 2.75) is 89.3 Å². The number of ether oxygens (including phenoxy) is 1. The first-order chi connectivity index (χ1) is 18.4. The molecule has 0 spiro atoms. The Morgan fingerprint density at radius 3 is 2.39 bits per heavy atom. The third-order valence-corrected chi connectivity index (χ3v) is 10.1. The topological polar surface area (TPSA) is 115 Å². The van der Waals surface area contributed by atoms with Crippen LogP contribution in [0.15, 0.2) is 35.5 Å². The third-order valence-electron chi connectivity index (χ3n) is 8.02. The van der Waals surface area contributed by atoms with Gasteiger partial charge in [-0.15, -0.1) is 0 Å². The molecule has 2 aliphatic heterocycles. The summed E-state index contributed by atoms with van der Waals surface area (Å²) >= 11 is 0. The fraction of sp³-hybridized carbons (Fsp3) is 0.714. The Morgan fingerprint density at radius 2 is 1.66 bits per heavy atom. The number of piperidine rings is 2. The Balaban J connectivity index is 1.17. The van der Waals surface area contributed by atoms with Crippen LogP contribution in [0.3, 0.4) is 0 Å². The van der Waals surface area contributed by atoms with Crippen LogP contribution in [0.1, 0.15) is 76.2 Å². The SMILES string of the molecule is NC(=NOC(=O)CCOC1CCN(Cc2ccccc2)CC1)[C@@H]1CCCCN1S(=O)(=O)CC1CCCCC1. The summed E-state index contributed by atoms with van der Waals surface area (Å²) in [6.07, 6.45) is 9.64. The van der Waals surface area contributed by atoms with E-state index < -0.39 is 22.0 Å². The Bertz CT molecular complexity index is 1010. The van der Waals surface area contributed by atoms with E-state index in [0.717, 1.165) is 71.0 Å². The van der Waals surface area contributed by atoms with Gasteiger partial charge in [0, 0.05) is 26.2 Å². The fourth-order valence-corrected chi connectivity index (χ4v) is 8.00. The van der Waals surface area contributed by atoms with Crippen molar-refractivity contribution in [3.63, 3.8) is 0 Å². The first-order valence-corrected chi connectivity index (χ1v) is 15.9. The van der Waals surface area contributed by atoms with E-state index in [1.54, 1.807) is 0 Å². The number of carbonyl (C=O) groups excluding carboxylic acids is 1. The van der Waals surface area contributed by atoms with Crippen molar-refractivity contribution in [1.82, 2.24) is 9.21 Å². The summed E-state index contributed by atoms with van der Waals surface area (Å²) in [7, 11) is -3.46. The van der Waals surface area contributed by atoms with E-state index in [1.807, 2.05) is 6.07 Å². The molecule has 3 aliphatic rings. The number of benzene rings is 1. The molecule has 2 saturated heterocycles. The molecule has 0 bridgehead atoms. The second-order valence-corrected chi connectivity index (χ2v) is 12.9. The zero-order valence-corrected chi connectivity index (χ0v) is 23.3. The lowest BCUT2D eigenvalue weighted by Gasteiger charge is -2.35. The molecule has 1 aromatic carbocycles. The highest BCUT2D eigenvalue weighted by Gasteiger charge is 2.36. The van der Waals surface area contributed by atoms with Gasteiger partial charge in [-0.05, 0) is 50.0 Å². The van der Waals surface area contributed by atoms with E-state index in [0.29, 0.717) is 13.0 Å². The van der Waals surface area contributed by atoms with Gasteiger partial charge in [0.15, 0.2) is 5.84 Å². The second kappa shape index (κ2) is 14.4. The summed E-state index contributed by atoms with van der Waals surface area (Å²) < 4.78 is 33.8. The van der Waals surface area contributed by atoms with E-state index in [4.69, 9.17) is 15.3 Å². The van der Waals surface area contributed by atoms with Crippen LogP contribution in [-0.4, -0.2) is 73.6 Å². The predicted molar refractivity (Wildman–Crippen MR) is 148 cm³/mol. The molecule has 1 atom stereocenters. The highest BCUT2D eigenvalue weighted by atomic mass is 32.2. The van der Waals surface area contributed by atoms with Crippen LogP contribution in [0.5, 0.6) is 0 Å². The molecule has 2 heterocycles. The van der Waals surface area contributed by atoms with Gasteiger partial charge in [0.1, 0.15) is 0 Å². The zero-order valence-electron chi connectivity index (χ0n) is 22.5. The average molecular weight is 549 g/mol. The molecule has 0 unspecified atom stereocenters. The zero-order chi connectivity index (χ0) is 26.8. The molecule has 9 nitrogen and oxygen atoms in total. The maximum absolute atomic E-state index is 13.2. The second-order valence-electron chi connectivity index (χ2n) is 11.0. The number of likely N-dealkylation sites (tertiary alicyclic amines) is 1. The summed E-state index contributed by atoms with van der Waals surface area (Å²) in [4.78, 5) is 19.7. The van der Waals surface area contributed by atoms with Crippen molar-refractivity contribution in [2.24, 2.45) is 16.8 Å². The lowest BCUT2D eigenvalue weighted by atomic mass is 9.91. The standard InChI is InChI=1S/C28H44N4O5S/c29-28(26-13-7-8-17-32(26)38(34,35)22-24-11-5-2-6-12-24)30-37-27(33)16-20-36-25-14-18-31(19-15-25)21-23-9-3-1-4-10-23/h1,3-4,9-10,24-26H,2,5-8,11-22H2,(H2,29,30)/t26-/m0/s1. The predicted octanol–water partition coefficient (Wildman–Crippen LogP) is 3.64. The smallest absolute Gasteiger partial charge is 0.337 e. The van der Waals surface area contributed by atoms with Gasteiger partial charge in [-0.1, -0.05) is 61.2 Å². The Hall–Kier alpha value is -2.01. The third kappa shape index (κ3) is 8.76. The van der Waals surface area contributed by atoms with Gasteiger partial charge in [-0.3, -0.25) is 4.90 Å². The summed E-state index contributed by atoms with van der Waals surface area (Å²) in [5.41, 5.74) is 7.47. The van der Waals surface area contributed by atoms with Crippen molar-refractivity contribution in [2.75, 3.05) is 32.0 Å². The molecule has 10 heteroatoms. The first kappa shape index (κ1) is 29.0. The molecule has 0 aromatic heterocycles. The molecule has 1 saturated carbocycles. The molecule has 3 fully saturated rings. The van der Waals surface area contributed by atoms with E-state index in [2.05, 4.69) is 34.3 Å². The molecule has 4 rings (SSSR count). The molecule has 212 valence electrons. The van der Waals surface area contributed by atoms with Crippen molar-refractivity contribution < 1.29 is 22.8 Å². The highest BCUT2D eigenvalue weighted by molar-refractivity contribution is 7.89. The number of nitrogens with two attached hydrogens (primary N) is 1. The lowest BCUT2D eigenvalue weighted by molar-refractivity contribution is -0.145. The summed E-state index contributed by atoms with van der Waals surface area (Å²) in [5.74, 6) is -0.0960. The molecular weight excluding hydrogens is 504 g/mol. The van der Waals surface area contributed by atoms with Gasteiger partial charge < -0.3 is 15.3 Å². The number of nitrogens with zero attached hydrogens (tertiary/aromatic N) is 3. The monoisotopic (exact) mass is 548 g/mol. The van der Waals surface area contributed by atoms with Gasteiger partial charge in [0.25, 0.3) is 0 Å². The molecular formula is C28H44N4O5S. The number of amidine groups is 1.